The van der Waals surface area contributed by atoms with Crippen molar-refractivity contribution >= 4 is 11.8 Å². The number of aliphatic hydroxyl groups is 3. The maximum absolute atomic E-state index is 13.0. The van der Waals surface area contributed by atoms with E-state index in [1.165, 1.54) is 38.5 Å². The van der Waals surface area contributed by atoms with Gasteiger partial charge in [0.1, 0.15) is 11.2 Å². The van der Waals surface area contributed by atoms with E-state index in [-0.39, 0.29) is 36.6 Å². The summed E-state index contributed by atoms with van der Waals surface area (Å²) in [7, 11) is 0. The Kier molecular flexibility index (Phi) is 8.20. The maximum atomic E-state index is 13.0. The van der Waals surface area contributed by atoms with Gasteiger partial charge >= 0.3 is 5.97 Å². The summed E-state index contributed by atoms with van der Waals surface area (Å²) in [5.41, 5.74) is -3.34. The van der Waals surface area contributed by atoms with Gasteiger partial charge in [0.05, 0.1) is 12.2 Å². The monoisotopic (exact) mass is 528 g/mol. The largest absolute Gasteiger partial charge is 0.455 e. The lowest BCUT2D eigenvalue weighted by molar-refractivity contribution is -0.185. The summed E-state index contributed by atoms with van der Waals surface area (Å²) in [5, 5.41) is 34.1. The molecule has 6 nitrogen and oxygen atoms in total. The second kappa shape index (κ2) is 10.7. The van der Waals surface area contributed by atoms with Crippen LogP contribution in [-0.2, 0) is 14.3 Å². The standard InChI is InChI=1S/C32H48O6/c1-6-7-8-9-10-11-12-13-14-15-26(34)38-31-18-22(3)32(37)24(27(31)29(31,4)5)17-23(20-33)19-30(36)25(32)16-21(2)28(30)35/h14-17,22,24-25,27,33,36-37H,6-13,18-20H2,1-5H3/b15-14+/t22-,24+,25-,27-,30-,31+,32-/m1/s1. The molecule has 0 spiro atoms. The zero-order valence-electron chi connectivity index (χ0n) is 24.0. The van der Waals surface area contributed by atoms with Crippen LogP contribution in [0.4, 0.5) is 0 Å². The molecular formula is C32H48O6. The van der Waals surface area contributed by atoms with Crippen molar-refractivity contribution in [1.82, 2.24) is 0 Å². The number of carbonyl (C=O) groups excluding carboxylic acids is 2. The number of hydrogen-bond donors (Lipinski definition) is 3. The van der Waals surface area contributed by atoms with Crippen LogP contribution in [-0.4, -0.2) is 50.5 Å². The van der Waals surface area contributed by atoms with Crippen LogP contribution in [0.25, 0.3) is 0 Å². The summed E-state index contributed by atoms with van der Waals surface area (Å²) in [5.74, 6) is -2.53. The Labute approximate surface area is 228 Å². The number of ether oxygens (including phenoxy) is 1. The first-order chi connectivity index (χ1) is 17.9. The molecule has 0 saturated heterocycles. The smallest absolute Gasteiger partial charge is 0.331 e. The highest BCUT2D eigenvalue weighted by Crippen LogP contribution is 2.76. The van der Waals surface area contributed by atoms with Crippen LogP contribution >= 0.6 is 0 Å². The Morgan fingerprint density at radius 3 is 2.42 bits per heavy atom. The van der Waals surface area contributed by atoms with Crippen molar-refractivity contribution in [2.45, 2.75) is 116 Å². The van der Waals surface area contributed by atoms with E-state index >= 15 is 0 Å². The summed E-state index contributed by atoms with van der Waals surface area (Å²) >= 11 is 0. The minimum Gasteiger partial charge on any atom is -0.455 e. The first-order valence-electron chi connectivity index (χ1n) is 14.8. The normalized spacial score (nSPS) is 39.1. The van der Waals surface area contributed by atoms with Gasteiger partial charge in [0.2, 0.25) is 0 Å². The number of rotatable bonds is 11. The molecule has 0 heterocycles. The van der Waals surface area contributed by atoms with Crippen LogP contribution in [0.15, 0.2) is 35.5 Å². The Hall–Kier alpha value is -1.76. The van der Waals surface area contributed by atoms with E-state index in [2.05, 4.69) is 20.8 Å². The lowest BCUT2D eigenvalue weighted by Gasteiger charge is -2.50. The van der Waals surface area contributed by atoms with Gasteiger partial charge in [-0.15, -0.1) is 0 Å². The minimum absolute atomic E-state index is 0.00630. The Balaban J connectivity index is 1.49. The third-order valence-electron chi connectivity index (χ3n) is 10.4. The van der Waals surface area contributed by atoms with E-state index in [1.807, 2.05) is 19.1 Å². The molecule has 0 aliphatic heterocycles. The van der Waals surface area contributed by atoms with Crippen LogP contribution in [0, 0.1) is 29.1 Å². The highest BCUT2D eigenvalue weighted by atomic mass is 16.6. The summed E-state index contributed by atoms with van der Waals surface area (Å²) in [6.45, 7) is 9.65. The van der Waals surface area contributed by atoms with E-state index in [0.717, 1.165) is 12.8 Å². The van der Waals surface area contributed by atoms with Crippen molar-refractivity contribution in [1.29, 1.82) is 0 Å². The molecule has 4 aliphatic carbocycles. The van der Waals surface area contributed by atoms with E-state index in [0.29, 0.717) is 17.6 Å². The molecule has 4 aliphatic rings. The second-order valence-corrected chi connectivity index (χ2v) is 13.1. The minimum atomic E-state index is -1.77. The number of hydrogen-bond acceptors (Lipinski definition) is 6. The van der Waals surface area contributed by atoms with Crippen LogP contribution in [0.2, 0.25) is 0 Å². The summed E-state index contributed by atoms with van der Waals surface area (Å²) in [6.07, 6.45) is 16.9. The number of fused-ring (bicyclic) bond motifs is 5. The van der Waals surface area contributed by atoms with Gasteiger partial charge in [0, 0.05) is 35.7 Å². The molecule has 38 heavy (non-hydrogen) atoms. The fraction of sp³-hybridized carbons (Fsp3) is 0.750. The molecule has 0 unspecified atom stereocenters. The van der Waals surface area contributed by atoms with Gasteiger partial charge in [-0.25, -0.2) is 4.79 Å². The van der Waals surface area contributed by atoms with Gasteiger partial charge in [-0.3, -0.25) is 4.79 Å². The van der Waals surface area contributed by atoms with Crippen LogP contribution < -0.4 is 0 Å². The second-order valence-electron chi connectivity index (χ2n) is 13.1. The topological polar surface area (TPSA) is 104 Å². The summed E-state index contributed by atoms with van der Waals surface area (Å²) in [6, 6.07) is 0. The number of unbranched alkanes of at least 4 members (excludes halogenated alkanes) is 7. The molecule has 4 rings (SSSR count). The van der Waals surface area contributed by atoms with Gasteiger partial charge in [-0.1, -0.05) is 84.4 Å². The number of ketones is 1. The molecule has 0 radical (unpaired) electrons. The third kappa shape index (κ3) is 4.54. The quantitative estimate of drug-likeness (QED) is 0.147. The van der Waals surface area contributed by atoms with Gasteiger partial charge in [-0.05, 0) is 43.3 Å². The molecule has 7 atom stereocenters. The fourth-order valence-corrected chi connectivity index (χ4v) is 8.21. The van der Waals surface area contributed by atoms with Crippen molar-refractivity contribution in [2.24, 2.45) is 29.1 Å². The van der Waals surface area contributed by atoms with Crippen molar-refractivity contribution in [2.75, 3.05) is 6.61 Å². The first kappa shape index (κ1) is 29.2. The summed E-state index contributed by atoms with van der Waals surface area (Å²) in [4.78, 5) is 26.0. The molecule has 6 heteroatoms. The predicted molar refractivity (Wildman–Crippen MR) is 147 cm³/mol. The number of esters is 1. The molecule has 0 bridgehead atoms. The van der Waals surface area contributed by atoms with E-state index < -0.39 is 34.1 Å². The molecule has 3 N–H and O–H groups in total. The molecule has 0 amide bonds. The molecular weight excluding hydrogens is 480 g/mol. The molecule has 212 valence electrons. The third-order valence-corrected chi connectivity index (χ3v) is 10.4. The zero-order valence-corrected chi connectivity index (χ0v) is 24.0. The van der Waals surface area contributed by atoms with Gasteiger partial charge in [-0.2, -0.15) is 0 Å². The number of carbonyl (C=O) groups is 2. The predicted octanol–water partition coefficient (Wildman–Crippen LogP) is 5.21. The molecule has 0 aromatic heterocycles. The van der Waals surface area contributed by atoms with Crippen molar-refractivity contribution in [3.8, 4) is 0 Å². The van der Waals surface area contributed by atoms with Gasteiger partial charge in [0.15, 0.2) is 5.78 Å². The van der Waals surface area contributed by atoms with Crippen LogP contribution in [0.5, 0.6) is 0 Å². The summed E-state index contributed by atoms with van der Waals surface area (Å²) < 4.78 is 6.22. The van der Waals surface area contributed by atoms with Crippen LogP contribution in [0.1, 0.15) is 98.8 Å². The van der Waals surface area contributed by atoms with Crippen LogP contribution in [0.3, 0.4) is 0 Å². The average Bonchev–Trinajstić information content (AvgIpc) is 3.26. The number of Topliss-reactive ketones (excluding diaryl/α,β-unsaturated/α-hetero) is 1. The Morgan fingerprint density at radius 1 is 1.11 bits per heavy atom. The molecule has 2 saturated carbocycles. The lowest BCUT2D eigenvalue weighted by Crippen LogP contribution is -2.61. The first-order valence-corrected chi connectivity index (χ1v) is 14.8. The highest BCUT2D eigenvalue weighted by molar-refractivity contribution is 6.04. The van der Waals surface area contributed by atoms with E-state index in [1.54, 1.807) is 19.1 Å². The number of allylic oxidation sites excluding steroid dienone is 1. The maximum Gasteiger partial charge on any atom is 0.331 e. The molecule has 2 fully saturated rings. The van der Waals surface area contributed by atoms with Crippen molar-refractivity contribution in [3.63, 3.8) is 0 Å². The SMILES string of the molecule is CCCCCCCCC/C=C/C(=O)O[C@@]12C[C@@H](C)[C@@]3(O)[C@@H](C=C(CO)C[C@]4(O)C(=O)C(C)=C[C@@H]34)[C@@H]1C2(C)C. The van der Waals surface area contributed by atoms with Crippen molar-refractivity contribution < 1.29 is 29.6 Å². The van der Waals surface area contributed by atoms with Gasteiger partial charge in [0.25, 0.3) is 0 Å². The van der Waals surface area contributed by atoms with E-state index in [4.69, 9.17) is 4.74 Å². The zero-order chi connectivity index (χ0) is 27.9. The number of aliphatic hydroxyl groups excluding tert-OH is 1. The Bertz CT molecular complexity index is 1020. The lowest BCUT2D eigenvalue weighted by atomic mass is 9.60. The average molecular weight is 529 g/mol. The highest BCUT2D eigenvalue weighted by Gasteiger charge is 2.83. The van der Waals surface area contributed by atoms with Crippen molar-refractivity contribution in [3.05, 3.63) is 35.5 Å². The fourth-order valence-electron chi connectivity index (χ4n) is 8.21. The van der Waals surface area contributed by atoms with E-state index in [9.17, 15) is 24.9 Å². The van der Waals surface area contributed by atoms with Gasteiger partial charge < -0.3 is 20.1 Å². The Morgan fingerprint density at radius 2 is 1.76 bits per heavy atom. The molecule has 0 aromatic rings. The molecule has 0 aromatic carbocycles.